The topological polar surface area (TPSA) is 47.3 Å². The van der Waals surface area contributed by atoms with E-state index in [4.69, 9.17) is 10.5 Å². The fourth-order valence-electron chi connectivity index (χ4n) is 1.39. The minimum absolute atomic E-state index is 0.0904. The Morgan fingerprint density at radius 1 is 1.25 bits per heavy atom. The second-order valence-electron chi connectivity index (χ2n) is 4.76. The zero-order valence-corrected chi connectivity index (χ0v) is 10.4. The van der Waals surface area contributed by atoms with E-state index in [9.17, 15) is 0 Å². The maximum Gasteiger partial charge on any atom is 0.118 e. The van der Waals surface area contributed by atoms with E-state index in [0.29, 0.717) is 0 Å². The molecule has 1 aromatic rings. The van der Waals surface area contributed by atoms with Crippen molar-refractivity contribution in [1.29, 1.82) is 0 Å². The van der Waals surface area contributed by atoms with Crippen LogP contribution in [0, 0.1) is 0 Å². The zero-order valence-electron chi connectivity index (χ0n) is 10.4. The fourth-order valence-corrected chi connectivity index (χ4v) is 1.39. The normalized spacial score (nSPS) is 11.5. The lowest BCUT2D eigenvalue weighted by Gasteiger charge is -2.18. The Kier molecular flexibility index (Phi) is 4.77. The van der Waals surface area contributed by atoms with E-state index in [1.165, 1.54) is 5.56 Å². The standard InChI is InChI=1S/C13H22N2O/c1-13(2,14)8-9-15-10-11-4-6-12(16-3)7-5-11/h4-7,15H,8-10,14H2,1-3H3. The highest BCUT2D eigenvalue weighted by molar-refractivity contribution is 5.26. The molecule has 0 unspecified atom stereocenters. The van der Waals surface area contributed by atoms with E-state index in [1.807, 2.05) is 26.0 Å². The Hall–Kier alpha value is -1.06. The maximum absolute atomic E-state index is 5.90. The molecule has 16 heavy (non-hydrogen) atoms. The van der Waals surface area contributed by atoms with Crippen LogP contribution < -0.4 is 15.8 Å². The number of nitrogens with one attached hydrogen (secondary N) is 1. The van der Waals surface area contributed by atoms with Crippen LogP contribution in [-0.4, -0.2) is 19.2 Å². The molecule has 90 valence electrons. The van der Waals surface area contributed by atoms with Gasteiger partial charge in [0, 0.05) is 12.1 Å². The third kappa shape index (κ3) is 5.14. The minimum Gasteiger partial charge on any atom is -0.497 e. The van der Waals surface area contributed by atoms with Gasteiger partial charge >= 0.3 is 0 Å². The Morgan fingerprint density at radius 2 is 1.88 bits per heavy atom. The van der Waals surface area contributed by atoms with Crippen LogP contribution in [0.3, 0.4) is 0 Å². The van der Waals surface area contributed by atoms with Crippen molar-refractivity contribution in [3.05, 3.63) is 29.8 Å². The van der Waals surface area contributed by atoms with E-state index in [-0.39, 0.29) is 5.54 Å². The van der Waals surface area contributed by atoms with Crippen LogP contribution in [0.5, 0.6) is 5.75 Å². The molecule has 0 atom stereocenters. The van der Waals surface area contributed by atoms with Crippen LogP contribution in [0.4, 0.5) is 0 Å². The third-order valence-corrected chi connectivity index (χ3v) is 2.43. The van der Waals surface area contributed by atoms with Crippen LogP contribution in [0.1, 0.15) is 25.8 Å². The molecule has 0 aliphatic heterocycles. The highest BCUT2D eigenvalue weighted by Gasteiger charge is 2.08. The van der Waals surface area contributed by atoms with Gasteiger partial charge in [0.1, 0.15) is 5.75 Å². The van der Waals surface area contributed by atoms with Crippen LogP contribution in [0.25, 0.3) is 0 Å². The minimum atomic E-state index is -0.0904. The Bertz CT molecular complexity index is 301. The number of hydrogen-bond donors (Lipinski definition) is 2. The highest BCUT2D eigenvalue weighted by Crippen LogP contribution is 2.11. The Morgan fingerprint density at radius 3 is 2.38 bits per heavy atom. The summed E-state index contributed by atoms with van der Waals surface area (Å²) in [5.41, 5.74) is 7.07. The van der Waals surface area contributed by atoms with E-state index in [0.717, 1.165) is 25.3 Å². The van der Waals surface area contributed by atoms with Crippen LogP contribution >= 0.6 is 0 Å². The van der Waals surface area contributed by atoms with Gasteiger partial charge in [-0.3, -0.25) is 0 Å². The smallest absolute Gasteiger partial charge is 0.118 e. The summed E-state index contributed by atoms with van der Waals surface area (Å²) in [5.74, 6) is 0.895. The summed E-state index contributed by atoms with van der Waals surface area (Å²) in [5, 5.41) is 3.37. The molecule has 3 nitrogen and oxygen atoms in total. The molecule has 0 spiro atoms. The van der Waals surface area contributed by atoms with Gasteiger partial charge in [-0.15, -0.1) is 0 Å². The molecular formula is C13H22N2O. The molecule has 3 heteroatoms. The van der Waals surface area contributed by atoms with Gasteiger partial charge in [-0.1, -0.05) is 12.1 Å². The molecule has 0 heterocycles. The second kappa shape index (κ2) is 5.87. The molecule has 0 aromatic heterocycles. The molecule has 0 fully saturated rings. The molecule has 0 saturated heterocycles. The lowest BCUT2D eigenvalue weighted by molar-refractivity contribution is 0.414. The van der Waals surface area contributed by atoms with Gasteiger partial charge in [0.15, 0.2) is 0 Å². The van der Waals surface area contributed by atoms with Gasteiger partial charge in [-0.25, -0.2) is 0 Å². The molecule has 0 saturated carbocycles. The fraction of sp³-hybridized carbons (Fsp3) is 0.538. The number of ether oxygens (including phenoxy) is 1. The summed E-state index contributed by atoms with van der Waals surface area (Å²) in [6, 6.07) is 8.09. The van der Waals surface area contributed by atoms with Crippen LogP contribution in [-0.2, 0) is 6.54 Å². The van der Waals surface area contributed by atoms with Crippen molar-refractivity contribution in [3.8, 4) is 5.75 Å². The van der Waals surface area contributed by atoms with Crippen molar-refractivity contribution in [2.45, 2.75) is 32.4 Å². The average Bonchev–Trinajstić information content (AvgIpc) is 2.24. The third-order valence-electron chi connectivity index (χ3n) is 2.43. The number of rotatable bonds is 6. The number of hydrogen-bond acceptors (Lipinski definition) is 3. The van der Waals surface area contributed by atoms with E-state index < -0.39 is 0 Å². The van der Waals surface area contributed by atoms with Crippen molar-refractivity contribution < 1.29 is 4.74 Å². The summed E-state index contributed by atoms with van der Waals surface area (Å²) < 4.78 is 5.10. The molecule has 0 aliphatic carbocycles. The summed E-state index contributed by atoms with van der Waals surface area (Å²) >= 11 is 0. The van der Waals surface area contributed by atoms with E-state index in [1.54, 1.807) is 7.11 Å². The van der Waals surface area contributed by atoms with E-state index >= 15 is 0 Å². The molecule has 1 rings (SSSR count). The molecule has 0 radical (unpaired) electrons. The second-order valence-corrected chi connectivity index (χ2v) is 4.76. The van der Waals surface area contributed by atoms with Gasteiger partial charge in [0.05, 0.1) is 7.11 Å². The molecule has 3 N–H and O–H groups in total. The summed E-state index contributed by atoms with van der Waals surface area (Å²) in [7, 11) is 1.68. The largest absolute Gasteiger partial charge is 0.497 e. The first kappa shape index (κ1) is 13.0. The van der Waals surface area contributed by atoms with Crippen LogP contribution in [0.15, 0.2) is 24.3 Å². The van der Waals surface area contributed by atoms with Crippen molar-refractivity contribution in [3.63, 3.8) is 0 Å². The van der Waals surface area contributed by atoms with Crippen molar-refractivity contribution in [2.24, 2.45) is 5.73 Å². The first-order valence-corrected chi connectivity index (χ1v) is 5.64. The molecule has 0 amide bonds. The average molecular weight is 222 g/mol. The van der Waals surface area contributed by atoms with Crippen LogP contribution in [0.2, 0.25) is 0 Å². The monoisotopic (exact) mass is 222 g/mol. The van der Waals surface area contributed by atoms with Crippen molar-refractivity contribution in [1.82, 2.24) is 5.32 Å². The molecule has 0 bridgehead atoms. The van der Waals surface area contributed by atoms with Gasteiger partial charge < -0.3 is 15.8 Å². The number of nitrogens with two attached hydrogens (primary N) is 1. The number of benzene rings is 1. The lowest BCUT2D eigenvalue weighted by Crippen LogP contribution is -2.35. The number of methoxy groups -OCH3 is 1. The highest BCUT2D eigenvalue weighted by atomic mass is 16.5. The predicted molar refractivity (Wildman–Crippen MR) is 67.6 cm³/mol. The van der Waals surface area contributed by atoms with Gasteiger partial charge in [-0.2, -0.15) is 0 Å². The SMILES string of the molecule is COc1ccc(CNCCC(C)(C)N)cc1. The van der Waals surface area contributed by atoms with Gasteiger partial charge in [0.2, 0.25) is 0 Å². The molecule has 1 aromatic carbocycles. The summed E-state index contributed by atoms with van der Waals surface area (Å²) in [6.45, 7) is 5.90. The maximum atomic E-state index is 5.90. The zero-order chi connectivity index (χ0) is 12.0. The lowest BCUT2D eigenvalue weighted by atomic mass is 10.0. The summed E-state index contributed by atoms with van der Waals surface area (Å²) in [6.07, 6.45) is 0.975. The first-order valence-electron chi connectivity index (χ1n) is 5.64. The van der Waals surface area contributed by atoms with Crippen molar-refractivity contribution >= 4 is 0 Å². The quantitative estimate of drug-likeness (QED) is 0.723. The predicted octanol–water partition coefficient (Wildman–Crippen LogP) is 1.91. The van der Waals surface area contributed by atoms with Gasteiger partial charge in [-0.05, 0) is 44.5 Å². The molecule has 0 aliphatic rings. The van der Waals surface area contributed by atoms with Gasteiger partial charge in [0.25, 0.3) is 0 Å². The Labute approximate surface area is 98.0 Å². The summed E-state index contributed by atoms with van der Waals surface area (Å²) in [4.78, 5) is 0. The first-order chi connectivity index (χ1) is 7.51. The van der Waals surface area contributed by atoms with Crippen molar-refractivity contribution in [2.75, 3.05) is 13.7 Å². The Balaban J connectivity index is 2.27. The van der Waals surface area contributed by atoms with E-state index in [2.05, 4.69) is 17.4 Å². The molecular weight excluding hydrogens is 200 g/mol.